The van der Waals surface area contributed by atoms with Crippen LogP contribution in [-0.2, 0) is 4.79 Å². The van der Waals surface area contributed by atoms with Gasteiger partial charge in [0.1, 0.15) is 11.3 Å². The molecule has 3 aromatic carbocycles. The van der Waals surface area contributed by atoms with E-state index < -0.39 is 5.63 Å². The molecule has 0 spiro atoms. The van der Waals surface area contributed by atoms with Crippen molar-refractivity contribution in [3.05, 3.63) is 83.2 Å². The van der Waals surface area contributed by atoms with Crippen LogP contribution in [0.15, 0.2) is 82.0 Å². The summed E-state index contributed by atoms with van der Waals surface area (Å²) in [6, 6.07) is 21.3. The summed E-state index contributed by atoms with van der Waals surface area (Å²) in [4.78, 5) is 24.4. The van der Waals surface area contributed by atoms with Gasteiger partial charge in [0.05, 0.1) is 14.2 Å². The number of methoxy groups -OCH3 is 2. The minimum atomic E-state index is -0.459. The van der Waals surface area contributed by atoms with Crippen LogP contribution in [0.4, 0.5) is 5.69 Å². The van der Waals surface area contributed by atoms with E-state index in [1.807, 2.05) is 36.4 Å². The zero-order valence-electron chi connectivity index (χ0n) is 17.6. The third-order valence-electron chi connectivity index (χ3n) is 4.84. The molecule has 1 N–H and O–H groups in total. The van der Waals surface area contributed by atoms with Gasteiger partial charge in [0.25, 0.3) is 5.91 Å². The SMILES string of the molecule is COc1ccc(NC(=O)COc2ccc3c(-c4ccccc4)cc(=O)oc3c2)cc1OC. The number of nitrogens with one attached hydrogen (secondary N) is 1. The molecule has 32 heavy (non-hydrogen) atoms. The molecule has 0 aliphatic rings. The highest BCUT2D eigenvalue weighted by atomic mass is 16.5. The van der Waals surface area contributed by atoms with Crippen molar-refractivity contribution in [2.24, 2.45) is 0 Å². The first-order valence-electron chi connectivity index (χ1n) is 9.85. The Balaban J connectivity index is 1.49. The first-order chi connectivity index (χ1) is 15.6. The topological polar surface area (TPSA) is 87.0 Å². The standard InChI is InChI=1S/C25H21NO6/c1-29-21-11-8-17(12-23(21)30-2)26-24(27)15-31-18-9-10-19-20(16-6-4-3-5-7-16)14-25(28)32-22(19)13-18/h3-14H,15H2,1-2H3,(H,26,27). The molecule has 4 aromatic rings. The minimum absolute atomic E-state index is 0.220. The van der Waals surface area contributed by atoms with Gasteiger partial charge < -0.3 is 23.9 Å². The molecule has 7 nitrogen and oxygen atoms in total. The van der Waals surface area contributed by atoms with Gasteiger partial charge in [0.15, 0.2) is 18.1 Å². The quantitative estimate of drug-likeness (QED) is 0.434. The van der Waals surface area contributed by atoms with Gasteiger partial charge in [-0.15, -0.1) is 0 Å². The third kappa shape index (κ3) is 4.57. The number of fused-ring (bicyclic) bond motifs is 1. The molecule has 0 radical (unpaired) electrons. The highest BCUT2D eigenvalue weighted by molar-refractivity contribution is 5.94. The van der Waals surface area contributed by atoms with E-state index in [4.69, 9.17) is 18.6 Å². The van der Waals surface area contributed by atoms with E-state index in [0.717, 1.165) is 16.5 Å². The van der Waals surface area contributed by atoms with Crippen molar-refractivity contribution in [2.45, 2.75) is 0 Å². The zero-order chi connectivity index (χ0) is 22.5. The fourth-order valence-electron chi connectivity index (χ4n) is 3.35. The first-order valence-corrected chi connectivity index (χ1v) is 9.85. The summed E-state index contributed by atoms with van der Waals surface area (Å²) in [6.07, 6.45) is 0. The van der Waals surface area contributed by atoms with Crippen LogP contribution < -0.4 is 25.2 Å². The normalized spacial score (nSPS) is 10.6. The van der Waals surface area contributed by atoms with Crippen LogP contribution in [0.2, 0.25) is 0 Å². The Labute approximate surface area is 184 Å². The summed E-state index contributed by atoms with van der Waals surface area (Å²) in [5.74, 6) is 1.13. The predicted octanol–water partition coefficient (Wildman–Crippen LogP) is 4.49. The van der Waals surface area contributed by atoms with Gasteiger partial charge in [-0.25, -0.2) is 4.79 Å². The van der Waals surface area contributed by atoms with Crippen molar-refractivity contribution in [3.8, 4) is 28.4 Å². The number of hydrogen-bond donors (Lipinski definition) is 1. The molecule has 0 aliphatic heterocycles. The van der Waals surface area contributed by atoms with Crippen molar-refractivity contribution in [2.75, 3.05) is 26.1 Å². The van der Waals surface area contributed by atoms with Crippen LogP contribution in [-0.4, -0.2) is 26.7 Å². The molecule has 0 saturated carbocycles. The summed E-state index contributed by atoms with van der Waals surface area (Å²) >= 11 is 0. The molecule has 162 valence electrons. The average molecular weight is 431 g/mol. The lowest BCUT2D eigenvalue weighted by Crippen LogP contribution is -2.20. The van der Waals surface area contributed by atoms with Gasteiger partial charge in [-0.3, -0.25) is 4.79 Å². The van der Waals surface area contributed by atoms with E-state index in [9.17, 15) is 9.59 Å². The fourth-order valence-corrected chi connectivity index (χ4v) is 3.35. The highest BCUT2D eigenvalue weighted by Gasteiger charge is 2.11. The molecule has 0 atom stereocenters. The van der Waals surface area contributed by atoms with E-state index in [0.29, 0.717) is 28.5 Å². The van der Waals surface area contributed by atoms with Crippen LogP contribution in [0.3, 0.4) is 0 Å². The fraction of sp³-hybridized carbons (Fsp3) is 0.120. The molecule has 1 aromatic heterocycles. The smallest absolute Gasteiger partial charge is 0.336 e. The van der Waals surface area contributed by atoms with E-state index in [-0.39, 0.29) is 12.5 Å². The maximum absolute atomic E-state index is 12.3. The highest BCUT2D eigenvalue weighted by Crippen LogP contribution is 2.31. The second kappa shape index (κ2) is 9.26. The monoisotopic (exact) mass is 431 g/mol. The molecule has 1 amide bonds. The molecular weight excluding hydrogens is 410 g/mol. The van der Waals surface area contributed by atoms with Crippen molar-refractivity contribution >= 4 is 22.6 Å². The zero-order valence-corrected chi connectivity index (χ0v) is 17.6. The largest absolute Gasteiger partial charge is 0.493 e. The van der Waals surface area contributed by atoms with Gasteiger partial charge in [-0.05, 0) is 35.4 Å². The number of benzene rings is 3. The summed E-state index contributed by atoms with van der Waals surface area (Å²) < 4.78 is 21.4. The Morgan fingerprint density at radius 3 is 2.44 bits per heavy atom. The number of amides is 1. The number of carbonyl (C=O) groups excluding carboxylic acids is 1. The number of anilines is 1. The van der Waals surface area contributed by atoms with Crippen molar-refractivity contribution < 1.29 is 23.4 Å². The van der Waals surface area contributed by atoms with Gasteiger partial charge in [0, 0.05) is 29.3 Å². The Hall–Kier alpha value is -4.26. The molecule has 0 fully saturated rings. The Kier molecular flexibility index (Phi) is 6.07. The molecule has 7 heteroatoms. The van der Waals surface area contributed by atoms with Gasteiger partial charge in [-0.1, -0.05) is 30.3 Å². The lowest BCUT2D eigenvalue weighted by atomic mass is 10.0. The summed E-state index contributed by atoms with van der Waals surface area (Å²) in [5, 5.41) is 3.52. The van der Waals surface area contributed by atoms with Crippen molar-refractivity contribution in [3.63, 3.8) is 0 Å². The van der Waals surface area contributed by atoms with Gasteiger partial charge in [0.2, 0.25) is 0 Å². The van der Waals surface area contributed by atoms with E-state index in [1.165, 1.54) is 13.2 Å². The molecule has 4 rings (SSSR count). The van der Waals surface area contributed by atoms with Crippen molar-refractivity contribution in [1.82, 2.24) is 0 Å². The van der Waals surface area contributed by atoms with Crippen LogP contribution in [0.5, 0.6) is 17.2 Å². The first kappa shape index (κ1) is 21.0. The molecule has 0 bridgehead atoms. The second-order valence-corrected chi connectivity index (χ2v) is 6.91. The molecule has 0 aliphatic carbocycles. The second-order valence-electron chi connectivity index (χ2n) is 6.91. The third-order valence-corrected chi connectivity index (χ3v) is 4.84. The summed E-state index contributed by atoms with van der Waals surface area (Å²) in [6.45, 7) is -0.220. The van der Waals surface area contributed by atoms with Crippen molar-refractivity contribution in [1.29, 1.82) is 0 Å². The number of ether oxygens (including phenoxy) is 3. The molecule has 0 unspecified atom stereocenters. The van der Waals surface area contributed by atoms with E-state index in [2.05, 4.69) is 5.32 Å². The van der Waals surface area contributed by atoms with Gasteiger partial charge >= 0.3 is 5.63 Å². The number of hydrogen-bond acceptors (Lipinski definition) is 6. The van der Waals surface area contributed by atoms with Crippen LogP contribution in [0.1, 0.15) is 0 Å². The summed E-state index contributed by atoms with van der Waals surface area (Å²) in [7, 11) is 3.06. The lowest BCUT2D eigenvalue weighted by molar-refractivity contribution is -0.118. The average Bonchev–Trinajstić information content (AvgIpc) is 2.82. The molecular formula is C25H21NO6. The number of carbonyl (C=O) groups is 1. The predicted molar refractivity (Wildman–Crippen MR) is 122 cm³/mol. The Bertz CT molecular complexity index is 1310. The summed E-state index contributed by atoms with van der Waals surface area (Å²) in [5.41, 5.74) is 2.16. The number of rotatable bonds is 7. The van der Waals surface area contributed by atoms with Crippen LogP contribution in [0.25, 0.3) is 22.1 Å². The van der Waals surface area contributed by atoms with Crippen LogP contribution >= 0.6 is 0 Å². The molecule has 1 heterocycles. The van der Waals surface area contributed by atoms with E-state index >= 15 is 0 Å². The Morgan fingerprint density at radius 2 is 1.69 bits per heavy atom. The maximum atomic E-state index is 12.3. The van der Waals surface area contributed by atoms with Crippen LogP contribution in [0, 0.1) is 0 Å². The minimum Gasteiger partial charge on any atom is -0.493 e. The molecule has 0 saturated heterocycles. The lowest BCUT2D eigenvalue weighted by Gasteiger charge is -2.11. The van der Waals surface area contributed by atoms with Gasteiger partial charge in [-0.2, -0.15) is 0 Å². The van der Waals surface area contributed by atoms with E-state index in [1.54, 1.807) is 37.4 Å². The maximum Gasteiger partial charge on any atom is 0.336 e. The Morgan fingerprint density at radius 1 is 0.906 bits per heavy atom.